The smallest absolute Gasteiger partial charge is 0.249 e. The number of nitrogen functional groups attached to an aromatic ring is 1. The van der Waals surface area contributed by atoms with Crippen LogP contribution in [-0.4, -0.2) is 84.3 Å². The first-order chi connectivity index (χ1) is 29.8. The number of anilines is 2. The van der Waals surface area contributed by atoms with E-state index in [9.17, 15) is 14.7 Å². The van der Waals surface area contributed by atoms with Gasteiger partial charge in [0.05, 0.1) is 16.9 Å². The van der Waals surface area contributed by atoms with Crippen molar-refractivity contribution in [2.45, 2.75) is 70.3 Å². The summed E-state index contributed by atoms with van der Waals surface area (Å²) in [5.41, 5.74) is 14.2. The summed E-state index contributed by atoms with van der Waals surface area (Å²) in [6.07, 6.45) is 15.2. The van der Waals surface area contributed by atoms with E-state index in [0.29, 0.717) is 53.6 Å². The number of phenolic OH excluding ortho intramolecular Hbond substituents is 1. The van der Waals surface area contributed by atoms with Gasteiger partial charge in [0.1, 0.15) is 23.3 Å². The van der Waals surface area contributed by atoms with Gasteiger partial charge in [0.25, 0.3) is 0 Å². The fourth-order valence-electron chi connectivity index (χ4n) is 10.5. The number of hydrogen-bond donors (Lipinski definition) is 3. The zero-order valence-electron chi connectivity index (χ0n) is 34.6. The fraction of sp³-hybridized carbons (Fsp3) is 0.396. The maximum absolute atomic E-state index is 13.0. The second-order valence-corrected chi connectivity index (χ2v) is 17.6. The van der Waals surface area contributed by atoms with E-state index in [-0.39, 0.29) is 17.6 Å². The summed E-state index contributed by atoms with van der Waals surface area (Å²) in [6, 6.07) is 19.0. The summed E-state index contributed by atoms with van der Waals surface area (Å²) < 4.78 is 2.04. The van der Waals surface area contributed by atoms with Gasteiger partial charge in [-0.1, -0.05) is 48.9 Å². The quantitative estimate of drug-likeness (QED) is 0.0986. The Morgan fingerprint density at radius 2 is 1.74 bits per heavy atom. The first-order valence-corrected chi connectivity index (χ1v) is 21.9. The Balaban J connectivity index is 0.735. The number of benzene rings is 2. The largest absolute Gasteiger partial charge is 0.507 e. The highest BCUT2D eigenvalue weighted by Gasteiger charge is 2.38. The number of carbonyl (C=O) groups is 2. The predicted octanol–water partition coefficient (Wildman–Crippen LogP) is 6.78. The van der Waals surface area contributed by atoms with E-state index in [2.05, 4.69) is 68.9 Å². The van der Waals surface area contributed by atoms with Crippen molar-refractivity contribution in [1.82, 2.24) is 39.9 Å². The van der Waals surface area contributed by atoms with Crippen LogP contribution in [-0.2, 0) is 22.4 Å². The SMILES string of the molecule is CC1CC2C(Cc3ncc(C4CCN(CCCc5ccnc6c5c5ccccc5n6C5CCC(=O)NC5=O)CC4)cn3)=CC2CN(c2cc(-c3ccccc3O)nnc2N)C1. The number of para-hydroxylation sites is 2. The highest BCUT2D eigenvalue weighted by Crippen LogP contribution is 2.44. The van der Waals surface area contributed by atoms with Crippen molar-refractivity contribution in [3.63, 3.8) is 0 Å². The standard InChI is InChI=1S/C48H52N10O3/c1-29-21-37-32(22-33(37)28-57(27-29)41-24-38(54-55-46(41)49)35-8-3-5-11-42(35)59)23-43-51-25-34(26-52-43)30-15-19-56(20-16-30)18-6-7-31-14-17-50-47-45(31)36-9-2-4-10-39(36)58(47)40-12-13-44(60)53-48(40)61/h2-5,8-11,14,17,22,24-26,29-30,33,37,40,59H,6-7,12-13,15-16,18-21,23,27-28H2,1H3,(H2,49,55)(H,53,60,61). The Labute approximate surface area is 355 Å². The molecule has 4 N–H and O–H groups in total. The second kappa shape index (κ2) is 16.3. The molecule has 4 atom stereocenters. The third-order valence-electron chi connectivity index (χ3n) is 13.6. The molecular weight excluding hydrogens is 765 g/mol. The van der Waals surface area contributed by atoms with Gasteiger partial charge in [0.15, 0.2) is 5.82 Å². The molecule has 3 fully saturated rings. The van der Waals surface area contributed by atoms with Gasteiger partial charge in [-0.3, -0.25) is 14.9 Å². The molecule has 6 aromatic rings. The molecule has 7 heterocycles. The van der Waals surface area contributed by atoms with Crippen LogP contribution in [0.15, 0.2) is 90.9 Å². The average molecular weight is 817 g/mol. The molecule has 1 aliphatic carbocycles. The summed E-state index contributed by atoms with van der Waals surface area (Å²) in [7, 11) is 0. The molecule has 61 heavy (non-hydrogen) atoms. The number of aryl methyl sites for hydroxylation is 1. The maximum atomic E-state index is 13.0. The lowest BCUT2D eigenvalue weighted by Crippen LogP contribution is -2.41. The van der Waals surface area contributed by atoms with Crippen LogP contribution in [0, 0.1) is 17.8 Å². The number of aromatic nitrogens is 6. The summed E-state index contributed by atoms with van der Waals surface area (Å²) >= 11 is 0. The molecule has 4 aromatic heterocycles. The third kappa shape index (κ3) is 7.60. The zero-order valence-corrected chi connectivity index (χ0v) is 34.6. The summed E-state index contributed by atoms with van der Waals surface area (Å²) in [5, 5.41) is 23.8. The molecule has 4 unspecified atom stereocenters. The number of piperidine rings is 2. The van der Waals surface area contributed by atoms with Gasteiger partial charge in [-0.2, -0.15) is 0 Å². The number of phenols is 1. The maximum Gasteiger partial charge on any atom is 0.249 e. The number of rotatable bonds is 10. The molecule has 3 saturated heterocycles. The number of pyridine rings is 1. The Bertz CT molecular complexity index is 2650. The van der Waals surface area contributed by atoms with Crippen LogP contribution in [0.1, 0.15) is 74.4 Å². The van der Waals surface area contributed by atoms with Gasteiger partial charge >= 0.3 is 0 Å². The molecule has 0 saturated carbocycles. The van der Waals surface area contributed by atoms with Crippen LogP contribution in [0.25, 0.3) is 33.2 Å². The molecule has 0 radical (unpaired) electrons. The molecule has 3 aliphatic heterocycles. The van der Waals surface area contributed by atoms with E-state index in [1.165, 1.54) is 16.7 Å². The van der Waals surface area contributed by atoms with Gasteiger partial charge in [-0.05, 0) is 117 Å². The Kier molecular flexibility index (Phi) is 10.4. The highest BCUT2D eigenvalue weighted by atomic mass is 16.3. The molecular formula is C48H52N10O3. The number of amides is 2. The van der Waals surface area contributed by atoms with Gasteiger partial charge < -0.3 is 25.2 Å². The number of nitrogens with two attached hydrogens (primary N) is 1. The van der Waals surface area contributed by atoms with Crippen LogP contribution in [0.5, 0.6) is 5.75 Å². The zero-order chi connectivity index (χ0) is 41.6. The first kappa shape index (κ1) is 39.0. The summed E-state index contributed by atoms with van der Waals surface area (Å²) in [4.78, 5) is 44.4. The number of fused-ring (bicyclic) bond motifs is 4. The van der Waals surface area contributed by atoms with Gasteiger partial charge in [-0.25, -0.2) is 15.0 Å². The van der Waals surface area contributed by atoms with Crippen molar-refractivity contribution in [1.29, 1.82) is 0 Å². The molecule has 0 bridgehead atoms. The summed E-state index contributed by atoms with van der Waals surface area (Å²) in [5.74, 6) is 2.84. The number of nitrogens with zero attached hydrogens (tertiary/aromatic N) is 8. The van der Waals surface area contributed by atoms with E-state index in [0.717, 1.165) is 105 Å². The number of hydrogen-bond acceptors (Lipinski definition) is 11. The Morgan fingerprint density at radius 3 is 2.56 bits per heavy atom. The Morgan fingerprint density at radius 1 is 0.934 bits per heavy atom. The van der Waals surface area contributed by atoms with E-state index >= 15 is 0 Å². The molecule has 2 aromatic carbocycles. The molecule has 2 amide bonds. The van der Waals surface area contributed by atoms with E-state index in [1.54, 1.807) is 12.1 Å². The number of carbonyl (C=O) groups excluding carboxylic acids is 2. The van der Waals surface area contributed by atoms with Crippen molar-refractivity contribution in [2.24, 2.45) is 17.8 Å². The van der Waals surface area contributed by atoms with Crippen LogP contribution < -0.4 is 16.0 Å². The molecule has 0 spiro atoms. The van der Waals surface area contributed by atoms with E-state index in [4.69, 9.17) is 20.7 Å². The van der Waals surface area contributed by atoms with Gasteiger partial charge in [0, 0.05) is 66.8 Å². The number of imide groups is 1. The highest BCUT2D eigenvalue weighted by molar-refractivity contribution is 6.10. The summed E-state index contributed by atoms with van der Waals surface area (Å²) in [6.45, 7) is 7.17. The van der Waals surface area contributed by atoms with Crippen LogP contribution in [0.4, 0.5) is 11.5 Å². The lowest BCUT2D eigenvalue weighted by atomic mass is 9.70. The predicted molar refractivity (Wildman–Crippen MR) is 236 cm³/mol. The molecule has 13 nitrogen and oxygen atoms in total. The van der Waals surface area contributed by atoms with E-state index < -0.39 is 6.04 Å². The monoisotopic (exact) mass is 816 g/mol. The molecule has 13 heteroatoms. The van der Waals surface area contributed by atoms with Gasteiger partial charge in [0.2, 0.25) is 11.8 Å². The van der Waals surface area contributed by atoms with Crippen LogP contribution in [0.3, 0.4) is 0 Å². The number of likely N-dealkylation sites (tertiary alicyclic amines) is 1. The topological polar surface area (TPSA) is 168 Å². The first-order valence-electron chi connectivity index (χ1n) is 21.9. The minimum atomic E-state index is -0.455. The lowest BCUT2D eigenvalue weighted by molar-refractivity contribution is -0.135. The molecule has 4 aliphatic rings. The lowest BCUT2D eigenvalue weighted by Gasteiger charge is -2.37. The third-order valence-corrected chi connectivity index (χ3v) is 13.6. The van der Waals surface area contributed by atoms with Crippen molar-refractivity contribution < 1.29 is 14.7 Å². The van der Waals surface area contributed by atoms with Crippen molar-refractivity contribution in [2.75, 3.05) is 43.4 Å². The van der Waals surface area contributed by atoms with E-state index in [1.807, 2.05) is 41.1 Å². The van der Waals surface area contributed by atoms with Gasteiger partial charge in [-0.15, -0.1) is 10.2 Å². The number of nitrogens with one attached hydrogen (secondary N) is 1. The normalized spacial score (nSPS) is 22.4. The minimum Gasteiger partial charge on any atom is -0.507 e. The molecule has 312 valence electrons. The van der Waals surface area contributed by atoms with Crippen LogP contribution >= 0.6 is 0 Å². The van der Waals surface area contributed by atoms with Crippen molar-refractivity contribution in [3.8, 4) is 17.0 Å². The average Bonchev–Trinajstić information content (AvgIpc) is 3.54. The second-order valence-electron chi connectivity index (χ2n) is 17.6. The number of aromatic hydroxyl groups is 1. The van der Waals surface area contributed by atoms with Crippen molar-refractivity contribution >= 4 is 45.3 Å². The minimum absolute atomic E-state index is 0.174. The molecule has 10 rings (SSSR count). The van der Waals surface area contributed by atoms with Crippen molar-refractivity contribution in [3.05, 3.63) is 108 Å². The Hall–Kier alpha value is -6.21. The van der Waals surface area contributed by atoms with Crippen LogP contribution in [0.2, 0.25) is 0 Å². The number of allylic oxidation sites excluding steroid dienone is 1. The fourth-order valence-corrected chi connectivity index (χ4v) is 10.5.